The molecule has 1 fully saturated rings. The molecule has 0 aliphatic carbocycles. The molecule has 0 spiro atoms. The fourth-order valence-corrected chi connectivity index (χ4v) is 4.95. The molecule has 0 bridgehead atoms. The van der Waals surface area contributed by atoms with Crippen LogP contribution in [0.5, 0.6) is 5.75 Å². The maximum Gasteiger partial charge on any atom is 0.252 e. The zero-order valence-corrected chi connectivity index (χ0v) is 20.8. The third kappa shape index (κ3) is 5.32. The van der Waals surface area contributed by atoms with Gasteiger partial charge in [0.1, 0.15) is 5.75 Å². The molecule has 2 atom stereocenters. The number of nitrogens with zero attached hydrogens (tertiary/aromatic N) is 5. The van der Waals surface area contributed by atoms with E-state index in [1.165, 1.54) is 0 Å². The Bertz CT molecular complexity index is 1350. The number of fused-ring (bicyclic) bond motifs is 1. The first-order valence-corrected chi connectivity index (χ1v) is 12.5. The van der Waals surface area contributed by atoms with E-state index in [2.05, 4.69) is 44.5 Å². The van der Waals surface area contributed by atoms with Crippen molar-refractivity contribution in [3.8, 4) is 5.75 Å². The summed E-state index contributed by atoms with van der Waals surface area (Å²) in [5, 5.41) is 13.7. The van der Waals surface area contributed by atoms with Crippen LogP contribution in [0.1, 0.15) is 49.2 Å². The largest absolute Gasteiger partial charge is 0.497 e. The average molecular weight is 489 g/mol. The second-order valence-corrected chi connectivity index (χ2v) is 9.25. The van der Waals surface area contributed by atoms with Gasteiger partial charge < -0.3 is 14.5 Å². The lowest BCUT2D eigenvalue weighted by Crippen LogP contribution is -2.33. The normalized spacial score (nSPS) is 16.6. The third-order valence-corrected chi connectivity index (χ3v) is 6.82. The van der Waals surface area contributed by atoms with Crippen LogP contribution in [-0.4, -0.2) is 49.9 Å². The Kier molecular flexibility index (Phi) is 7.39. The number of aromatic amines is 1. The number of H-pyrrole nitrogens is 1. The summed E-state index contributed by atoms with van der Waals surface area (Å²) >= 11 is 0. The first-order valence-electron chi connectivity index (χ1n) is 12.5. The fraction of sp³-hybridized carbons (Fsp3) is 0.407. The van der Waals surface area contributed by atoms with Gasteiger partial charge in [-0.2, -0.15) is 0 Å². The van der Waals surface area contributed by atoms with E-state index in [0.29, 0.717) is 25.2 Å². The summed E-state index contributed by atoms with van der Waals surface area (Å²) in [5.41, 5.74) is 2.53. The molecule has 2 aromatic heterocycles. The molecule has 2 unspecified atom stereocenters. The second kappa shape index (κ2) is 11.0. The van der Waals surface area contributed by atoms with Crippen molar-refractivity contribution >= 4 is 10.9 Å². The number of rotatable bonds is 10. The number of hydrogen-bond acceptors (Lipinski definition) is 7. The van der Waals surface area contributed by atoms with Gasteiger partial charge in [0, 0.05) is 36.2 Å². The topological polar surface area (TPSA) is 98.2 Å². The molecular weight excluding hydrogens is 456 g/mol. The van der Waals surface area contributed by atoms with Crippen molar-refractivity contribution in [1.29, 1.82) is 0 Å². The van der Waals surface area contributed by atoms with E-state index in [1.807, 2.05) is 47.1 Å². The quantitative estimate of drug-likeness (QED) is 0.362. The number of ether oxygens (including phenoxy) is 2. The first-order chi connectivity index (χ1) is 17.6. The molecule has 1 N–H and O–H groups in total. The van der Waals surface area contributed by atoms with Crippen LogP contribution >= 0.6 is 0 Å². The highest BCUT2D eigenvalue weighted by Gasteiger charge is 2.28. The summed E-state index contributed by atoms with van der Waals surface area (Å²) in [6.45, 7) is 4.65. The molecule has 4 aromatic rings. The lowest BCUT2D eigenvalue weighted by atomic mass is 10.1. The monoisotopic (exact) mass is 488 g/mol. The number of tetrazole rings is 1. The van der Waals surface area contributed by atoms with E-state index in [4.69, 9.17) is 9.47 Å². The number of methoxy groups -OCH3 is 1. The van der Waals surface area contributed by atoms with E-state index in [9.17, 15) is 4.79 Å². The highest BCUT2D eigenvalue weighted by molar-refractivity contribution is 5.80. The smallest absolute Gasteiger partial charge is 0.252 e. The lowest BCUT2D eigenvalue weighted by Gasteiger charge is -2.30. The van der Waals surface area contributed by atoms with E-state index in [0.717, 1.165) is 53.9 Å². The molecule has 9 heteroatoms. The predicted octanol–water partition coefficient (Wildman–Crippen LogP) is 3.86. The van der Waals surface area contributed by atoms with Crippen molar-refractivity contribution in [2.45, 2.75) is 58.0 Å². The number of pyridine rings is 1. The van der Waals surface area contributed by atoms with Crippen LogP contribution in [0.25, 0.3) is 10.9 Å². The highest BCUT2D eigenvalue weighted by Crippen LogP contribution is 2.28. The molecule has 9 nitrogen and oxygen atoms in total. The van der Waals surface area contributed by atoms with Crippen LogP contribution in [-0.2, 0) is 24.4 Å². The maximum atomic E-state index is 13.1. The number of benzene rings is 2. The van der Waals surface area contributed by atoms with Gasteiger partial charge in [0.2, 0.25) is 0 Å². The average Bonchev–Trinajstić information content (AvgIpc) is 3.58. The zero-order chi connectivity index (χ0) is 24.9. The molecule has 2 aromatic carbocycles. The molecule has 0 saturated carbocycles. The van der Waals surface area contributed by atoms with Gasteiger partial charge >= 0.3 is 0 Å². The Morgan fingerprint density at radius 3 is 2.81 bits per heavy atom. The van der Waals surface area contributed by atoms with Crippen molar-refractivity contribution in [2.24, 2.45) is 0 Å². The van der Waals surface area contributed by atoms with E-state index in [-0.39, 0.29) is 17.7 Å². The summed E-state index contributed by atoms with van der Waals surface area (Å²) in [4.78, 5) is 18.4. The summed E-state index contributed by atoms with van der Waals surface area (Å²) in [5.74, 6) is 1.55. The van der Waals surface area contributed by atoms with Gasteiger partial charge in [-0.25, -0.2) is 4.68 Å². The Balaban J connectivity index is 1.50. The van der Waals surface area contributed by atoms with E-state index < -0.39 is 0 Å². The minimum absolute atomic E-state index is 0.0815. The maximum absolute atomic E-state index is 13.1. The second-order valence-electron chi connectivity index (χ2n) is 9.25. The van der Waals surface area contributed by atoms with Gasteiger partial charge in [0.05, 0.1) is 25.8 Å². The molecule has 3 heterocycles. The van der Waals surface area contributed by atoms with Crippen molar-refractivity contribution in [3.05, 3.63) is 81.9 Å². The van der Waals surface area contributed by atoms with Gasteiger partial charge in [0.15, 0.2) is 5.82 Å². The predicted molar refractivity (Wildman–Crippen MR) is 137 cm³/mol. The van der Waals surface area contributed by atoms with Crippen LogP contribution in [0, 0.1) is 0 Å². The van der Waals surface area contributed by atoms with Crippen molar-refractivity contribution in [2.75, 3.05) is 13.7 Å². The van der Waals surface area contributed by atoms with Crippen LogP contribution in [0.15, 0.2) is 59.4 Å². The number of nitrogens with one attached hydrogen (secondary N) is 1. The van der Waals surface area contributed by atoms with Crippen molar-refractivity contribution in [1.82, 2.24) is 30.1 Å². The van der Waals surface area contributed by atoms with Crippen molar-refractivity contribution < 1.29 is 9.47 Å². The Labute approximate surface area is 210 Å². The molecular formula is C27H32N6O3. The molecule has 5 rings (SSSR count). The number of hydrogen-bond donors (Lipinski definition) is 1. The van der Waals surface area contributed by atoms with Crippen molar-refractivity contribution in [3.63, 3.8) is 0 Å². The minimum atomic E-state index is -0.0977. The SMILES string of the molecule is CCC(c1nnnn1CC1CCCO1)N(Cc1ccccc1)Cc1cc2cc(OC)ccc2[nH]c1=O. The summed E-state index contributed by atoms with van der Waals surface area (Å²) < 4.78 is 13.1. The Morgan fingerprint density at radius 1 is 1.19 bits per heavy atom. The Morgan fingerprint density at radius 2 is 2.06 bits per heavy atom. The molecule has 0 amide bonds. The molecule has 0 radical (unpaired) electrons. The van der Waals surface area contributed by atoms with Gasteiger partial charge in [0.25, 0.3) is 5.56 Å². The van der Waals surface area contributed by atoms with Crippen LogP contribution in [0.3, 0.4) is 0 Å². The fourth-order valence-electron chi connectivity index (χ4n) is 4.95. The van der Waals surface area contributed by atoms with Gasteiger partial charge in [-0.3, -0.25) is 9.69 Å². The summed E-state index contributed by atoms with van der Waals surface area (Å²) in [7, 11) is 1.64. The molecule has 1 aliphatic heterocycles. The minimum Gasteiger partial charge on any atom is -0.497 e. The van der Waals surface area contributed by atoms with Crippen LogP contribution in [0.4, 0.5) is 0 Å². The standard InChI is InChI=1S/C27H32N6O3/c1-3-25(26-29-30-31-33(26)18-23-10-7-13-36-23)32(16-19-8-5-4-6-9-19)17-21-14-20-15-22(35-2)11-12-24(20)28-27(21)34/h4-6,8-9,11-12,14-15,23,25H,3,7,10,13,16-18H2,1-2H3,(H,28,34). The molecule has 1 saturated heterocycles. The molecule has 1 aliphatic rings. The molecule has 36 heavy (non-hydrogen) atoms. The Hall–Kier alpha value is -3.56. The highest BCUT2D eigenvalue weighted by atomic mass is 16.5. The number of aromatic nitrogens is 5. The molecule has 188 valence electrons. The van der Waals surface area contributed by atoms with E-state index in [1.54, 1.807) is 7.11 Å². The van der Waals surface area contributed by atoms with E-state index >= 15 is 0 Å². The van der Waals surface area contributed by atoms with Gasteiger partial charge in [-0.15, -0.1) is 5.10 Å². The first kappa shape index (κ1) is 24.1. The zero-order valence-electron chi connectivity index (χ0n) is 20.8. The van der Waals surface area contributed by atoms with Crippen LogP contribution < -0.4 is 10.3 Å². The van der Waals surface area contributed by atoms with Crippen LogP contribution in [0.2, 0.25) is 0 Å². The lowest BCUT2D eigenvalue weighted by molar-refractivity contribution is 0.0888. The van der Waals surface area contributed by atoms with Gasteiger partial charge in [-0.05, 0) is 59.5 Å². The third-order valence-electron chi connectivity index (χ3n) is 6.82. The van der Waals surface area contributed by atoms with Gasteiger partial charge in [-0.1, -0.05) is 37.3 Å². The summed E-state index contributed by atoms with van der Waals surface area (Å²) in [6.07, 6.45) is 3.00. The summed E-state index contributed by atoms with van der Waals surface area (Å²) in [6, 6.07) is 17.8.